The molecule has 160 valence electrons. The molecule has 0 saturated carbocycles. The minimum Gasteiger partial charge on any atom is -0.323 e. The summed E-state index contributed by atoms with van der Waals surface area (Å²) in [4.78, 5) is 31.4. The van der Waals surface area contributed by atoms with Gasteiger partial charge in [-0.1, -0.05) is 30.0 Å². The number of fused-ring (bicyclic) bond motifs is 1. The summed E-state index contributed by atoms with van der Waals surface area (Å²) in [7, 11) is 0. The molecule has 3 aromatic heterocycles. The van der Waals surface area contributed by atoms with E-state index in [1.165, 1.54) is 12.1 Å². The Morgan fingerprint density at radius 1 is 1.26 bits per heavy atom. The number of nitrogens with zero attached hydrogens (tertiary/aromatic N) is 4. The maximum absolute atomic E-state index is 13.8. The van der Waals surface area contributed by atoms with Crippen molar-refractivity contribution in [3.8, 4) is 0 Å². The van der Waals surface area contributed by atoms with E-state index in [2.05, 4.69) is 15.4 Å². The van der Waals surface area contributed by atoms with Gasteiger partial charge in [-0.2, -0.15) is 5.10 Å². The van der Waals surface area contributed by atoms with Gasteiger partial charge in [-0.3, -0.25) is 18.8 Å². The number of thioether (sulfide) groups is 1. The number of aryl methyl sites for hydroxylation is 2. The molecule has 0 aliphatic rings. The van der Waals surface area contributed by atoms with Gasteiger partial charge in [0.2, 0.25) is 5.91 Å². The van der Waals surface area contributed by atoms with Crippen LogP contribution in [-0.4, -0.2) is 31.0 Å². The number of carbonyl (C=O) groups is 1. The Kier molecular flexibility index (Phi) is 6.19. The highest BCUT2D eigenvalue weighted by molar-refractivity contribution is 7.99. The first-order chi connectivity index (χ1) is 15.0. The van der Waals surface area contributed by atoms with Gasteiger partial charge in [0.15, 0.2) is 10.7 Å². The predicted octanol–water partition coefficient (Wildman–Crippen LogP) is 3.90. The number of anilines is 1. The molecule has 4 rings (SSSR count). The highest BCUT2D eigenvalue weighted by Gasteiger charge is 2.19. The Labute approximate surface area is 185 Å². The van der Waals surface area contributed by atoms with Crippen LogP contribution >= 0.6 is 23.1 Å². The van der Waals surface area contributed by atoms with Crippen molar-refractivity contribution in [2.24, 2.45) is 0 Å². The van der Waals surface area contributed by atoms with Crippen LogP contribution in [0.15, 0.2) is 51.7 Å². The zero-order chi connectivity index (χ0) is 22.0. The summed E-state index contributed by atoms with van der Waals surface area (Å²) in [5.41, 5.74) is 1.57. The SMILES string of the molecule is CCn1nc(C)c2nc(SCC(=O)Nc3ccccc3F)n(Cc3cccs3)c(=O)c21. The Morgan fingerprint density at radius 3 is 2.77 bits per heavy atom. The zero-order valence-corrected chi connectivity index (χ0v) is 18.6. The van der Waals surface area contributed by atoms with Gasteiger partial charge in [-0.05, 0) is 37.4 Å². The Hall–Kier alpha value is -2.98. The van der Waals surface area contributed by atoms with Gasteiger partial charge in [0.1, 0.15) is 11.3 Å². The summed E-state index contributed by atoms with van der Waals surface area (Å²) >= 11 is 2.68. The molecule has 7 nitrogen and oxygen atoms in total. The second-order valence-corrected chi connectivity index (χ2v) is 8.75. The second kappa shape index (κ2) is 9.03. The molecule has 1 aromatic carbocycles. The Bertz CT molecular complexity index is 1300. The minimum atomic E-state index is -0.502. The largest absolute Gasteiger partial charge is 0.323 e. The number of rotatable bonds is 7. The summed E-state index contributed by atoms with van der Waals surface area (Å²) in [6, 6.07) is 9.85. The monoisotopic (exact) mass is 457 g/mol. The number of hydrogen-bond acceptors (Lipinski definition) is 6. The van der Waals surface area contributed by atoms with Crippen LogP contribution in [0.25, 0.3) is 11.0 Å². The standard InChI is InChI=1S/C21H20FN5O2S2/c1-3-27-19-18(13(2)25-27)24-21(26(20(19)29)11-14-7-6-10-30-14)31-12-17(28)23-16-9-5-4-8-15(16)22/h4-10H,3,11-12H2,1-2H3,(H,23,28). The fourth-order valence-corrected chi connectivity index (χ4v) is 4.69. The van der Waals surface area contributed by atoms with Crippen molar-refractivity contribution < 1.29 is 9.18 Å². The quantitative estimate of drug-likeness (QED) is 0.336. The normalized spacial score (nSPS) is 11.2. The topological polar surface area (TPSA) is 81.8 Å². The van der Waals surface area contributed by atoms with Crippen LogP contribution in [0.3, 0.4) is 0 Å². The second-order valence-electron chi connectivity index (χ2n) is 6.78. The Morgan fingerprint density at radius 2 is 2.06 bits per heavy atom. The van der Waals surface area contributed by atoms with E-state index in [-0.39, 0.29) is 22.9 Å². The van der Waals surface area contributed by atoms with E-state index < -0.39 is 5.82 Å². The third-order valence-corrected chi connectivity index (χ3v) is 6.49. The number of para-hydroxylation sites is 1. The van der Waals surface area contributed by atoms with Gasteiger partial charge in [0.05, 0.1) is 23.7 Å². The maximum Gasteiger partial charge on any atom is 0.280 e. The van der Waals surface area contributed by atoms with Crippen LogP contribution in [0.5, 0.6) is 0 Å². The molecule has 0 fully saturated rings. The highest BCUT2D eigenvalue weighted by Crippen LogP contribution is 2.22. The first kappa shape index (κ1) is 21.3. The third kappa shape index (κ3) is 4.40. The lowest BCUT2D eigenvalue weighted by atomic mass is 10.3. The molecule has 0 bridgehead atoms. The van der Waals surface area contributed by atoms with Gasteiger partial charge < -0.3 is 5.32 Å². The molecule has 0 unspecified atom stereocenters. The van der Waals surface area contributed by atoms with Crippen LogP contribution in [0, 0.1) is 12.7 Å². The number of aromatic nitrogens is 4. The van der Waals surface area contributed by atoms with Crippen molar-refractivity contribution in [2.45, 2.75) is 32.1 Å². The van der Waals surface area contributed by atoms with Crippen LogP contribution < -0.4 is 10.9 Å². The smallest absolute Gasteiger partial charge is 0.280 e. The van der Waals surface area contributed by atoms with Crippen molar-refractivity contribution in [3.63, 3.8) is 0 Å². The summed E-state index contributed by atoms with van der Waals surface area (Å²) in [5, 5.41) is 9.35. The van der Waals surface area contributed by atoms with E-state index in [0.29, 0.717) is 35.0 Å². The number of halogens is 1. The van der Waals surface area contributed by atoms with Crippen LogP contribution in [0.4, 0.5) is 10.1 Å². The van der Waals surface area contributed by atoms with Gasteiger partial charge in [-0.15, -0.1) is 11.3 Å². The molecule has 0 aliphatic heterocycles. The van der Waals surface area contributed by atoms with Gasteiger partial charge >= 0.3 is 0 Å². The molecule has 4 aromatic rings. The molecular formula is C21H20FN5O2S2. The van der Waals surface area contributed by atoms with E-state index in [0.717, 1.165) is 16.6 Å². The predicted molar refractivity (Wildman–Crippen MR) is 121 cm³/mol. The molecule has 3 heterocycles. The molecular weight excluding hydrogens is 437 g/mol. The summed E-state index contributed by atoms with van der Waals surface area (Å²) < 4.78 is 17.0. The lowest BCUT2D eigenvalue weighted by molar-refractivity contribution is -0.113. The molecule has 0 radical (unpaired) electrons. The minimum absolute atomic E-state index is 0.0162. The summed E-state index contributed by atoms with van der Waals surface area (Å²) in [6.07, 6.45) is 0. The zero-order valence-electron chi connectivity index (χ0n) is 17.0. The van der Waals surface area contributed by atoms with Crippen molar-refractivity contribution in [1.82, 2.24) is 19.3 Å². The summed E-state index contributed by atoms with van der Waals surface area (Å²) in [5.74, 6) is -0.900. The fraction of sp³-hybridized carbons (Fsp3) is 0.238. The first-order valence-corrected chi connectivity index (χ1v) is 11.5. The van der Waals surface area contributed by atoms with E-state index in [1.54, 1.807) is 32.7 Å². The van der Waals surface area contributed by atoms with Crippen molar-refractivity contribution in [2.75, 3.05) is 11.1 Å². The molecule has 0 aliphatic carbocycles. The van der Waals surface area contributed by atoms with Gasteiger partial charge in [0, 0.05) is 11.4 Å². The number of amides is 1. The third-order valence-electron chi connectivity index (χ3n) is 4.66. The van der Waals surface area contributed by atoms with E-state index in [4.69, 9.17) is 0 Å². The highest BCUT2D eigenvalue weighted by atomic mass is 32.2. The fourth-order valence-electron chi connectivity index (χ4n) is 3.20. The molecule has 0 saturated heterocycles. The summed E-state index contributed by atoms with van der Waals surface area (Å²) in [6.45, 7) is 4.64. The number of hydrogen-bond donors (Lipinski definition) is 1. The lowest BCUT2D eigenvalue weighted by Gasteiger charge is -2.12. The molecule has 1 N–H and O–H groups in total. The average Bonchev–Trinajstić information content (AvgIpc) is 3.38. The number of benzene rings is 1. The molecule has 1 amide bonds. The van der Waals surface area contributed by atoms with Gasteiger partial charge in [0.25, 0.3) is 5.56 Å². The van der Waals surface area contributed by atoms with Crippen molar-refractivity contribution in [3.05, 3.63) is 68.5 Å². The van der Waals surface area contributed by atoms with Crippen molar-refractivity contribution >= 4 is 45.7 Å². The van der Waals surface area contributed by atoms with Crippen molar-refractivity contribution in [1.29, 1.82) is 0 Å². The molecule has 0 atom stereocenters. The number of carbonyl (C=O) groups excluding carboxylic acids is 1. The maximum atomic E-state index is 13.8. The van der Waals surface area contributed by atoms with Crippen LogP contribution in [0.2, 0.25) is 0 Å². The molecule has 31 heavy (non-hydrogen) atoms. The van der Waals surface area contributed by atoms with Gasteiger partial charge in [-0.25, -0.2) is 9.37 Å². The van der Waals surface area contributed by atoms with Crippen LogP contribution in [-0.2, 0) is 17.9 Å². The number of thiophene rings is 1. The average molecular weight is 458 g/mol. The van der Waals surface area contributed by atoms with E-state index in [1.807, 2.05) is 31.4 Å². The van der Waals surface area contributed by atoms with Crippen LogP contribution in [0.1, 0.15) is 17.5 Å². The Balaban J connectivity index is 1.67. The lowest BCUT2D eigenvalue weighted by Crippen LogP contribution is -2.26. The number of nitrogens with one attached hydrogen (secondary N) is 1. The van der Waals surface area contributed by atoms with E-state index in [9.17, 15) is 14.0 Å². The molecule has 10 heteroatoms. The molecule has 0 spiro atoms. The first-order valence-electron chi connectivity index (χ1n) is 9.65. The van der Waals surface area contributed by atoms with E-state index >= 15 is 0 Å².